The quantitative estimate of drug-likeness (QED) is 0.842. The summed E-state index contributed by atoms with van der Waals surface area (Å²) >= 11 is 1.13. The summed E-state index contributed by atoms with van der Waals surface area (Å²) in [5.74, 6) is -0.708. The summed E-state index contributed by atoms with van der Waals surface area (Å²) in [5.41, 5.74) is -0.318. The molecule has 1 heterocycles. The normalized spacial score (nSPS) is 12.1. The van der Waals surface area contributed by atoms with E-state index in [4.69, 9.17) is 0 Å². The smallest absolute Gasteiger partial charge is 0.309 e. The van der Waals surface area contributed by atoms with Crippen molar-refractivity contribution in [2.75, 3.05) is 0 Å². The highest BCUT2D eigenvalue weighted by molar-refractivity contribution is 7.13. The highest BCUT2D eigenvalue weighted by atomic mass is 32.1. The van der Waals surface area contributed by atoms with Crippen LogP contribution < -0.4 is 5.32 Å². The van der Waals surface area contributed by atoms with E-state index in [1.165, 1.54) is 0 Å². The Labute approximate surface area is 123 Å². The van der Waals surface area contributed by atoms with E-state index in [9.17, 15) is 17.6 Å². The van der Waals surface area contributed by atoms with E-state index >= 15 is 0 Å². The SMILES string of the molecule is CC(C)NCc1csc(-c2cc(C(F)(F)F)ccc2F)n1. The van der Waals surface area contributed by atoms with Crippen molar-refractivity contribution in [1.82, 2.24) is 10.3 Å². The molecule has 2 aromatic rings. The molecule has 0 amide bonds. The molecule has 0 bridgehead atoms. The van der Waals surface area contributed by atoms with Gasteiger partial charge in [0, 0.05) is 23.5 Å². The topological polar surface area (TPSA) is 24.9 Å². The van der Waals surface area contributed by atoms with E-state index in [1.807, 2.05) is 13.8 Å². The van der Waals surface area contributed by atoms with Crippen LogP contribution in [0.4, 0.5) is 17.6 Å². The van der Waals surface area contributed by atoms with Gasteiger partial charge in [-0.1, -0.05) is 13.8 Å². The Balaban J connectivity index is 2.29. The summed E-state index contributed by atoms with van der Waals surface area (Å²) in [4.78, 5) is 4.19. The molecular weight excluding hydrogens is 304 g/mol. The van der Waals surface area contributed by atoms with Gasteiger partial charge in [-0.2, -0.15) is 13.2 Å². The molecule has 21 heavy (non-hydrogen) atoms. The lowest BCUT2D eigenvalue weighted by Crippen LogP contribution is -2.21. The number of hydrogen-bond donors (Lipinski definition) is 1. The first-order valence-electron chi connectivity index (χ1n) is 6.32. The predicted octanol–water partition coefficient (Wildman–Crippen LogP) is 4.47. The molecule has 0 saturated carbocycles. The van der Waals surface area contributed by atoms with Gasteiger partial charge < -0.3 is 5.32 Å². The van der Waals surface area contributed by atoms with Crippen molar-refractivity contribution in [2.24, 2.45) is 0 Å². The van der Waals surface area contributed by atoms with Gasteiger partial charge in [0.25, 0.3) is 0 Å². The molecule has 0 radical (unpaired) electrons. The number of nitrogens with zero attached hydrogens (tertiary/aromatic N) is 1. The number of thiazole rings is 1. The summed E-state index contributed by atoms with van der Waals surface area (Å²) in [6, 6.07) is 2.62. The molecule has 7 heteroatoms. The second kappa shape index (κ2) is 6.11. The summed E-state index contributed by atoms with van der Waals surface area (Å²) in [5, 5.41) is 5.11. The zero-order valence-electron chi connectivity index (χ0n) is 11.5. The standard InChI is InChI=1S/C14H14F4N2S/c1-8(2)19-6-10-7-21-13(20-10)11-5-9(14(16,17)18)3-4-12(11)15/h3-5,7-8,19H,6H2,1-2H3. The van der Waals surface area contributed by atoms with E-state index in [0.29, 0.717) is 12.2 Å². The minimum absolute atomic E-state index is 0.120. The first-order chi connectivity index (χ1) is 9.77. The maximum absolute atomic E-state index is 13.8. The molecule has 114 valence electrons. The van der Waals surface area contributed by atoms with Gasteiger partial charge in [0.2, 0.25) is 0 Å². The predicted molar refractivity (Wildman–Crippen MR) is 74.5 cm³/mol. The Morgan fingerprint density at radius 2 is 2.00 bits per heavy atom. The molecule has 1 aromatic carbocycles. The van der Waals surface area contributed by atoms with Gasteiger partial charge in [0.05, 0.1) is 11.3 Å². The molecule has 2 rings (SSSR count). The van der Waals surface area contributed by atoms with E-state index < -0.39 is 17.6 Å². The Morgan fingerprint density at radius 3 is 2.62 bits per heavy atom. The van der Waals surface area contributed by atoms with E-state index in [2.05, 4.69) is 10.3 Å². The van der Waals surface area contributed by atoms with Crippen molar-refractivity contribution in [1.29, 1.82) is 0 Å². The Hall–Kier alpha value is -1.47. The van der Waals surface area contributed by atoms with Crippen molar-refractivity contribution >= 4 is 11.3 Å². The third-order valence-electron chi connectivity index (χ3n) is 2.77. The number of hydrogen-bond acceptors (Lipinski definition) is 3. The van der Waals surface area contributed by atoms with Crippen molar-refractivity contribution in [3.63, 3.8) is 0 Å². The first kappa shape index (κ1) is 15.9. The summed E-state index contributed by atoms with van der Waals surface area (Å²) in [6.45, 7) is 4.44. The molecule has 0 aliphatic heterocycles. The summed E-state index contributed by atoms with van der Waals surface area (Å²) in [7, 11) is 0. The van der Waals surface area contributed by atoms with Crippen LogP contribution in [0.3, 0.4) is 0 Å². The average Bonchev–Trinajstić information content (AvgIpc) is 2.84. The van der Waals surface area contributed by atoms with Crippen LogP contribution in [0.1, 0.15) is 25.1 Å². The Kier molecular flexibility index (Phi) is 4.63. The number of rotatable bonds is 4. The lowest BCUT2D eigenvalue weighted by molar-refractivity contribution is -0.137. The highest BCUT2D eigenvalue weighted by Crippen LogP contribution is 2.34. The first-order valence-corrected chi connectivity index (χ1v) is 7.20. The maximum atomic E-state index is 13.8. The van der Waals surface area contributed by atoms with Crippen LogP contribution in [0.25, 0.3) is 10.6 Å². The molecule has 0 aliphatic carbocycles. The number of alkyl halides is 3. The molecule has 0 atom stereocenters. The van der Waals surface area contributed by atoms with Crippen LogP contribution in [-0.2, 0) is 12.7 Å². The molecule has 0 unspecified atom stereocenters. The van der Waals surface area contributed by atoms with E-state index in [-0.39, 0.29) is 16.6 Å². The largest absolute Gasteiger partial charge is 0.416 e. The highest BCUT2D eigenvalue weighted by Gasteiger charge is 2.31. The number of aromatic nitrogens is 1. The van der Waals surface area contributed by atoms with Gasteiger partial charge in [0.1, 0.15) is 10.8 Å². The molecule has 0 spiro atoms. The second-order valence-corrected chi connectivity index (χ2v) is 5.73. The fourth-order valence-electron chi connectivity index (χ4n) is 1.69. The minimum atomic E-state index is -4.50. The summed E-state index contributed by atoms with van der Waals surface area (Å²) < 4.78 is 51.8. The van der Waals surface area contributed by atoms with Crippen LogP contribution in [0.15, 0.2) is 23.6 Å². The van der Waals surface area contributed by atoms with Gasteiger partial charge in [0.15, 0.2) is 0 Å². The Bertz CT molecular complexity index is 620. The lowest BCUT2D eigenvalue weighted by Gasteiger charge is -2.08. The zero-order chi connectivity index (χ0) is 15.6. The van der Waals surface area contributed by atoms with Crippen molar-refractivity contribution < 1.29 is 17.6 Å². The van der Waals surface area contributed by atoms with Crippen molar-refractivity contribution in [2.45, 2.75) is 32.6 Å². The average molecular weight is 318 g/mol. The van der Waals surface area contributed by atoms with Gasteiger partial charge in [-0.15, -0.1) is 11.3 Å². The number of benzene rings is 1. The number of halogens is 4. The molecule has 1 N–H and O–H groups in total. The van der Waals surface area contributed by atoms with Gasteiger partial charge >= 0.3 is 6.18 Å². The monoisotopic (exact) mass is 318 g/mol. The summed E-state index contributed by atoms with van der Waals surface area (Å²) in [6.07, 6.45) is -4.50. The van der Waals surface area contributed by atoms with Crippen molar-refractivity contribution in [3.8, 4) is 10.6 Å². The lowest BCUT2D eigenvalue weighted by atomic mass is 10.1. The molecule has 1 aromatic heterocycles. The third-order valence-corrected chi connectivity index (χ3v) is 3.69. The second-order valence-electron chi connectivity index (χ2n) is 4.87. The van der Waals surface area contributed by atoms with Crippen LogP contribution in [0, 0.1) is 5.82 Å². The van der Waals surface area contributed by atoms with Gasteiger partial charge in [-0.05, 0) is 18.2 Å². The minimum Gasteiger partial charge on any atom is -0.309 e. The molecular formula is C14H14F4N2S. The van der Waals surface area contributed by atoms with E-state index in [1.54, 1.807) is 5.38 Å². The van der Waals surface area contributed by atoms with Crippen LogP contribution >= 0.6 is 11.3 Å². The third kappa shape index (κ3) is 4.01. The molecule has 0 fully saturated rings. The van der Waals surface area contributed by atoms with Crippen molar-refractivity contribution in [3.05, 3.63) is 40.7 Å². The van der Waals surface area contributed by atoms with Gasteiger partial charge in [-0.25, -0.2) is 9.37 Å². The fraction of sp³-hybridized carbons (Fsp3) is 0.357. The van der Waals surface area contributed by atoms with Crippen LogP contribution in [-0.4, -0.2) is 11.0 Å². The zero-order valence-corrected chi connectivity index (χ0v) is 12.3. The Morgan fingerprint density at radius 1 is 1.29 bits per heavy atom. The molecule has 0 aliphatic rings. The van der Waals surface area contributed by atoms with Crippen LogP contribution in [0.2, 0.25) is 0 Å². The van der Waals surface area contributed by atoms with Crippen LogP contribution in [0.5, 0.6) is 0 Å². The van der Waals surface area contributed by atoms with Gasteiger partial charge in [-0.3, -0.25) is 0 Å². The fourth-order valence-corrected chi connectivity index (χ4v) is 2.52. The van der Waals surface area contributed by atoms with E-state index in [0.717, 1.165) is 29.5 Å². The molecule has 0 saturated heterocycles. The molecule has 2 nitrogen and oxygen atoms in total. The number of nitrogens with one attached hydrogen (secondary N) is 1. The maximum Gasteiger partial charge on any atom is 0.416 e.